The van der Waals surface area contributed by atoms with Crippen LogP contribution in [0.2, 0.25) is 0 Å². The van der Waals surface area contributed by atoms with E-state index in [0.29, 0.717) is 43.5 Å². The predicted octanol–water partition coefficient (Wildman–Crippen LogP) is 2.93. The monoisotopic (exact) mass is 527 g/mol. The summed E-state index contributed by atoms with van der Waals surface area (Å²) in [6.07, 6.45) is 3.69. The van der Waals surface area contributed by atoms with Gasteiger partial charge in [-0.15, -0.1) is 13.2 Å². The number of fused-ring (bicyclic) bond motifs is 4. The van der Waals surface area contributed by atoms with Crippen LogP contribution in [0, 0.1) is 16.7 Å². The van der Waals surface area contributed by atoms with E-state index in [9.17, 15) is 24.6 Å². The van der Waals surface area contributed by atoms with Crippen molar-refractivity contribution in [3.05, 3.63) is 59.6 Å². The van der Waals surface area contributed by atoms with Crippen LogP contribution in [-0.2, 0) is 28.6 Å². The van der Waals surface area contributed by atoms with E-state index in [4.69, 9.17) is 14.2 Å². The summed E-state index contributed by atoms with van der Waals surface area (Å²) < 4.78 is 17.2. The molecule has 6 atom stereocenters. The van der Waals surface area contributed by atoms with Crippen LogP contribution in [-0.4, -0.2) is 78.0 Å². The topological polar surface area (TPSA) is 123 Å². The second kappa shape index (κ2) is 10.2. The van der Waals surface area contributed by atoms with E-state index in [1.807, 2.05) is 6.92 Å². The average molecular weight is 528 g/mol. The fraction of sp³-hybridized carbons (Fsp3) is 0.552. The fourth-order valence-electron chi connectivity index (χ4n) is 6.97. The van der Waals surface area contributed by atoms with E-state index in [0.717, 1.165) is 0 Å². The van der Waals surface area contributed by atoms with E-state index in [-0.39, 0.29) is 23.7 Å². The van der Waals surface area contributed by atoms with Gasteiger partial charge in [0.1, 0.15) is 12.2 Å². The van der Waals surface area contributed by atoms with Crippen LogP contribution in [0.1, 0.15) is 40.0 Å². The Hall–Kier alpha value is -3.17. The predicted molar refractivity (Wildman–Crippen MR) is 139 cm³/mol. The van der Waals surface area contributed by atoms with Crippen molar-refractivity contribution in [1.82, 2.24) is 4.90 Å². The summed E-state index contributed by atoms with van der Waals surface area (Å²) in [5.41, 5.74) is -0.987. The molecule has 0 bridgehead atoms. The second-order valence-electron chi connectivity index (χ2n) is 11.0. The molecule has 0 aromatic rings. The number of allylic oxidation sites excluding steroid dienone is 1. The first-order valence-electron chi connectivity index (χ1n) is 12.9. The van der Waals surface area contributed by atoms with Crippen molar-refractivity contribution in [1.29, 1.82) is 0 Å². The molecule has 2 N–H and O–H groups in total. The van der Waals surface area contributed by atoms with Crippen molar-refractivity contribution in [3.8, 4) is 0 Å². The summed E-state index contributed by atoms with van der Waals surface area (Å²) in [5, 5.41) is 22.5. The number of aliphatic hydroxyl groups is 2. The first-order valence-corrected chi connectivity index (χ1v) is 12.9. The molecule has 0 aromatic heterocycles. The van der Waals surface area contributed by atoms with Gasteiger partial charge < -0.3 is 29.3 Å². The van der Waals surface area contributed by atoms with Gasteiger partial charge >= 0.3 is 11.9 Å². The molecule has 1 saturated carbocycles. The van der Waals surface area contributed by atoms with E-state index < -0.39 is 52.6 Å². The van der Waals surface area contributed by atoms with E-state index >= 15 is 0 Å². The molecule has 0 spiro atoms. The van der Waals surface area contributed by atoms with Crippen LogP contribution in [0.25, 0.3) is 0 Å². The number of hydrogen-bond acceptors (Lipinski definition) is 9. The number of aliphatic hydroxyl groups excluding tert-OH is 2. The zero-order valence-corrected chi connectivity index (χ0v) is 22.5. The number of ether oxygens (including phenoxy) is 3. The van der Waals surface area contributed by atoms with Crippen molar-refractivity contribution in [2.24, 2.45) is 16.7 Å². The Balaban J connectivity index is 2.01. The van der Waals surface area contributed by atoms with Gasteiger partial charge in [-0.25, -0.2) is 4.79 Å². The molecule has 0 radical (unpaired) electrons. The Bertz CT molecular complexity index is 1160. The minimum atomic E-state index is -1.24. The first-order chi connectivity index (χ1) is 17.9. The van der Waals surface area contributed by atoms with Crippen LogP contribution >= 0.6 is 0 Å². The third-order valence-corrected chi connectivity index (χ3v) is 8.69. The number of Topliss-reactive ketones (excluding diaryl/α,β-unsaturated/α-hetero) is 1. The lowest BCUT2D eigenvalue weighted by Gasteiger charge is -2.54. The maximum absolute atomic E-state index is 14.0. The lowest BCUT2D eigenvalue weighted by atomic mass is 9.53. The van der Waals surface area contributed by atoms with Crippen molar-refractivity contribution >= 4 is 17.7 Å². The van der Waals surface area contributed by atoms with E-state index in [1.54, 1.807) is 30.2 Å². The summed E-state index contributed by atoms with van der Waals surface area (Å²) in [4.78, 5) is 41.4. The van der Waals surface area contributed by atoms with Gasteiger partial charge in [0, 0.05) is 49.9 Å². The molecule has 4 aliphatic rings. The molecule has 206 valence electrons. The number of cyclic esters (lactones) is 1. The Morgan fingerprint density at radius 1 is 1.21 bits per heavy atom. The summed E-state index contributed by atoms with van der Waals surface area (Å²) >= 11 is 0. The number of hydrogen-bond donors (Lipinski definition) is 2. The van der Waals surface area contributed by atoms with Gasteiger partial charge in [0.2, 0.25) is 5.78 Å². The molecule has 2 fully saturated rings. The number of esters is 2. The van der Waals surface area contributed by atoms with Gasteiger partial charge in [-0.05, 0) is 37.7 Å². The standard InChI is InChI=1S/C29H37NO8/c1-7-11-30(12-8-2)14-17-23-26(34)25(33)22-18-9-10-20(32)28(18,4)13-19(37-16(3)31)24(22)29(23,5)21(15-36-6)38-27(17)35/h7-8,14,18-21,32,34H,1-2,9-13,15H2,3-6H3/b17-14-/t18-,19+,20-,21+,28-,29-/m0/s1. The van der Waals surface area contributed by atoms with Gasteiger partial charge in [0.25, 0.3) is 0 Å². The first kappa shape index (κ1) is 27.9. The molecule has 9 heteroatoms. The van der Waals surface area contributed by atoms with Gasteiger partial charge in [0.15, 0.2) is 5.76 Å². The molecule has 1 saturated heterocycles. The van der Waals surface area contributed by atoms with Gasteiger partial charge in [-0.1, -0.05) is 19.1 Å². The molecule has 9 nitrogen and oxygen atoms in total. The summed E-state index contributed by atoms with van der Waals surface area (Å²) in [6.45, 7) is 13.2. The lowest BCUT2D eigenvalue weighted by Crippen LogP contribution is -2.57. The molecular weight excluding hydrogens is 490 g/mol. The summed E-state index contributed by atoms with van der Waals surface area (Å²) in [5.74, 6) is -2.77. The zero-order chi connectivity index (χ0) is 28.0. The van der Waals surface area contributed by atoms with Gasteiger partial charge in [-0.2, -0.15) is 0 Å². The smallest absolute Gasteiger partial charge is 0.340 e. The molecule has 0 amide bonds. The van der Waals surface area contributed by atoms with Crippen LogP contribution in [0.4, 0.5) is 0 Å². The van der Waals surface area contributed by atoms with Crippen LogP contribution in [0.15, 0.2) is 59.6 Å². The number of ketones is 1. The maximum atomic E-state index is 14.0. The molecule has 38 heavy (non-hydrogen) atoms. The molecule has 4 rings (SSSR count). The highest BCUT2D eigenvalue weighted by atomic mass is 16.6. The third-order valence-electron chi connectivity index (χ3n) is 8.69. The Kier molecular flexibility index (Phi) is 7.47. The van der Waals surface area contributed by atoms with Crippen LogP contribution in [0.3, 0.4) is 0 Å². The highest BCUT2D eigenvalue weighted by Gasteiger charge is 2.64. The fourth-order valence-corrected chi connectivity index (χ4v) is 6.97. The van der Waals surface area contributed by atoms with Crippen molar-refractivity contribution < 1.29 is 38.8 Å². The minimum Gasteiger partial charge on any atom is -0.504 e. The Labute approximate surface area is 223 Å². The quantitative estimate of drug-likeness (QED) is 0.279. The molecular formula is C29H37NO8. The highest BCUT2D eigenvalue weighted by Crippen LogP contribution is 2.63. The van der Waals surface area contributed by atoms with Crippen molar-refractivity contribution in [2.75, 3.05) is 26.8 Å². The molecule has 0 aromatic carbocycles. The number of carbonyl (C=O) groups excluding carboxylic acids is 3. The zero-order valence-electron chi connectivity index (χ0n) is 22.5. The van der Waals surface area contributed by atoms with Crippen molar-refractivity contribution in [3.63, 3.8) is 0 Å². The molecule has 3 aliphatic carbocycles. The lowest BCUT2D eigenvalue weighted by molar-refractivity contribution is -0.161. The highest BCUT2D eigenvalue weighted by molar-refractivity contribution is 6.13. The molecule has 0 unspecified atom stereocenters. The minimum absolute atomic E-state index is 0.0162. The number of nitrogens with zero attached hydrogens (tertiary/aromatic N) is 1. The third kappa shape index (κ3) is 4.12. The Morgan fingerprint density at radius 3 is 2.45 bits per heavy atom. The largest absolute Gasteiger partial charge is 0.504 e. The number of methoxy groups -OCH3 is 1. The van der Waals surface area contributed by atoms with Crippen molar-refractivity contribution in [2.45, 2.75) is 58.3 Å². The van der Waals surface area contributed by atoms with E-state index in [1.165, 1.54) is 14.0 Å². The Morgan fingerprint density at radius 2 is 1.87 bits per heavy atom. The maximum Gasteiger partial charge on any atom is 0.340 e. The second-order valence-corrected chi connectivity index (χ2v) is 11.0. The number of carbonyl (C=O) groups is 3. The van der Waals surface area contributed by atoms with Crippen LogP contribution < -0.4 is 0 Å². The SMILES string of the molecule is C=CCN(/C=C1\C(=O)O[C@H](COC)[C@@]2(C)C1=C(O)C(=O)C1=C2[C@H](OC(C)=O)C[C@]2(C)[C@@H](O)CC[C@@H]12)CC=C. The van der Waals surface area contributed by atoms with E-state index in [2.05, 4.69) is 13.2 Å². The molecule has 1 heterocycles. The normalized spacial score (nSPS) is 35.3. The average Bonchev–Trinajstić information content (AvgIpc) is 3.13. The summed E-state index contributed by atoms with van der Waals surface area (Å²) in [7, 11) is 1.47. The molecule has 1 aliphatic heterocycles. The van der Waals surface area contributed by atoms with Crippen LogP contribution in [0.5, 0.6) is 0 Å². The van der Waals surface area contributed by atoms with Gasteiger partial charge in [-0.3, -0.25) is 9.59 Å². The number of rotatable bonds is 8. The summed E-state index contributed by atoms with van der Waals surface area (Å²) in [6, 6.07) is 0. The van der Waals surface area contributed by atoms with Gasteiger partial charge in [0.05, 0.1) is 23.7 Å².